The fourth-order valence-corrected chi connectivity index (χ4v) is 2.37. The first kappa shape index (κ1) is 9.40. The number of pyridine rings is 1. The molecular weight excluding hydrogens is 196 g/mol. The molecule has 0 aliphatic carbocycles. The molecule has 3 rings (SSSR count). The second-order valence-electron chi connectivity index (χ2n) is 4.14. The van der Waals surface area contributed by atoms with E-state index in [-0.39, 0.29) is 0 Å². The summed E-state index contributed by atoms with van der Waals surface area (Å²) < 4.78 is 2.32. The lowest BCUT2D eigenvalue weighted by Gasteiger charge is -2.01. The van der Waals surface area contributed by atoms with Crippen molar-refractivity contribution in [2.24, 2.45) is 0 Å². The van der Waals surface area contributed by atoms with Crippen molar-refractivity contribution in [1.82, 2.24) is 9.55 Å². The predicted molar refractivity (Wildman–Crippen MR) is 67.7 cm³/mol. The normalized spacial score (nSPS) is 11.4. The van der Waals surface area contributed by atoms with Crippen molar-refractivity contribution in [3.63, 3.8) is 0 Å². The standard InChI is InChI=1S/C14H14N2/c1-3-16-12-7-6-10(2)9-11(12)14-13(16)5-4-8-15-14/h4-9H,3H2,1-2H3. The average molecular weight is 210 g/mol. The molecule has 0 N–H and O–H groups in total. The van der Waals surface area contributed by atoms with Gasteiger partial charge < -0.3 is 4.57 Å². The van der Waals surface area contributed by atoms with Crippen LogP contribution in [0.4, 0.5) is 0 Å². The van der Waals surface area contributed by atoms with Crippen molar-refractivity contribution in [1.29, 1.82) is 0 Å². The van der Waals surface area contributed by atoms with Gasteiger partial charge in [-0.25, -0.2) is 0 Å². The Balaban J connectivity index is 2.59. The highest BCUT2D eigenvalue weighted by Gasteiger charge is 2.09. The molecule has 0 aliphatic rings. The highest BCUT2D eigenvalue weighted by molar-refractivity contribution is 6.05. The van der Waals surface area contributed by atoms with E-state index in [0.29, 0.717) is 0 Å². The summed E-state index contributed by atoms with van der Waals surface area (Å²) in [6.07, 6.45) is 1.87. The summed E-state index contributed by atoms with van der Waals surface area (Å²) in [6.45, 7) is 5.28. The average Bonchev–Trinajstić information content (AvgIpc) is 2.62. The first-order valence-corrected chi connectivity index (χ1v) is 5.65. The van der Waals surface area contributed by atoms with Crippen molar-refractivity contribution in [3.05, 3.63) is 42.1 Å². The third kappa shape index (κ3) is 1.16. The molecule has 0 amide bonds. The Kier molecular flexibility index (Phi) is 1.96. The molecule has 0 atom stereocenters. The monoisotopic (exact) mass is 210 g/mol. The summed E-state index contributed by atoms with van der Waals surface area (Å²) in [5.41, 5.74) is 4.91. The van der Waals surface area contributed by atoms with Crippen LogP contribution in [-0.2, 0) is 6.54 Å². The molecule has 0 saturated heterocycles. The van der Waals surface area contributed by atoms with E-state index in [1.54, 1.807) is 0 Å². The maximum absolute atomic E-state index is 4.50. The van der Waals surface area contributed by atoms with Crippen LogP contribution < -0.4 is 0 Å². The van der Waals surface area contributed by atoms with Crippen molar-refractivity contribution < 1.29 is 0 Å². The number of hydrogen-bond donors (Lipinski definition) is 0. The van der Waals surface area contributed by atoms with Gasteiger partial charge in [0.05, 0.1) is 16.6 Å². The minimum absolute atomic E-state index is 0.981. The molecule has 16 heavy (non-hydrogen) atoms. The summed E-state index contributed by atoms with van der Waals surface area (Å²) in [5.74, 6) is 0. The van der Waals surface area contributed by atoms with Gasteiger partial charge in [-0.3, -0.25) is 4.98 Å². The van der Waals surface area contributed by atoms with Gasteiger partial charge in [-0.2, -0.15) is 0 Å². The van der Waals surface area contributed by atoms with Crippen LogP contribution in [0.2, 0.25) is 0 Å². The maximum Gasteiger partial charge on any atom is 0.0959 e. The number of aryl methyl sites for hydroxylation is 2. The van der Waals surface area contributed by atoms with Gasteiger partial charge in [-0.05, 0) is 38.1 Å². The van der Waals surface area contributed by atoms with Crippen molar-refractivity contribution in [2.45, 2.75) is 20.4 Å². The quantitative estimate of drug-likeness (QED) is 0.601. The summed E-state index contributed by atoms with van der Waals surface area (Å²) >= 11 is 0. The van der Waals surface area contributed by atoms with E-state index in [9.17, 15) is 0 Å². The lowest BCUT2D eigenvalue weighted by atomic mass is 10.1. The molecule has 2 nitrogen and oxygen atoms in total. The molecule has 0 bridgehead atoms. The Labute approximate surface area is 94.5 Å². The third-order valence-corrected chi connectivity index (χ3v) is 3.09. The van der Waals surface area contributed by atoms with Gasteiger partial charge in [-0.1, -0.05) is 11.6 Å². The van der Waals surface area contributed by atoms with Crippen molar-refractivity contribution in [2.75, 3.05) is 0 Å². The second kappa shape index (κ2) is 3.34. The lowest BCUT2D eigenvalue weighted by Crippen LogP contribution is -1.92. The molecule has 2 aromatic heterocycles. The van der Waals surface area contributed by atoms with Gasteiger partial charge in [0.15, 0.2) is 0 Å². The summed E-state index contributed by atoms with van der Waals surface area (Å²) in [4.78, 5) is 4.50. The number of nitrogens with zero attached hydrogens (tertiary/aromatic N) is 2. The van der Waals surface area contributed by atoms with Crippen LogP contribution in [-0.4, -0.2) is 9.55 Å². The maximum atomic E-state index is 4.50. The van der Waals surface area contributed by atoms with E-state index in [1.165, 1.54) is 22.0 Å². The number of aromatic nitrogens is 2. The predicted octanol–water partition coefficient (Wildman–Crippen LogP) is 3.52. The highest BCUT2D eigenvalue weighted by Crippen LogP contribution is 2.27. The molecule has 0 spiro atoms. The summed E-state index contributed by atoms with van der Waals surface area (Å²) in [6, 6.07) is 10.7. The van der Waals surface area contributed by atoms with Gasteiger partial charge in [0, 0.05) is 18.1 Å². The molecule has 2 heterocycles. The van der Waals surface area contributed by atoms with E-state index < -0.39 is 0 Å². The van der Waals surface area contributed by atoms with Crippen molar-refractivity contribution >= 4 is 21.9 Å². The van der Waals surface area contributed by atoms with Crippen LogP contribution in [0, 0.1) is 6.92 Å². The van der Waals surface area contributed by atoms with Gasteiger partial charge in [-0.15, -0.1) is 0 Å². The number of benzene rings is 1. The molecule has 0 saturated carbocycles. The Morgan fingerprint density at radius 3 is 2.88 bits per heavy atom. The first-order chi connectivity index (χ1) is 7.81. The van der Waals surface area contributed by atoms with Crippen LogP contribution in [0.25, 0.3) is 21.9 Å². The number of fused-ring (bicyclic) bond motifs is 3. The van der Waals surface area contributed by atoms with Gasteiger partial charge in [0.2, 0.25) is 0 Å². The third-order valence-electron chi connectivity index (χ3n) is 3.09. The molecule has 1 aromatic carbocycles. The molecule has 80 valence electrons. The SMILES string of the molecule is CCn1c2ccc(C)cc2c2ncccc21. The number of rotatable bonds is 1. The molecule has 2 heteroatoms. The van der Waals surface area contributed by atoms with E-state index in [1.807, 2.05) is 12.3 Å². The molecule has 0 unspecified atom stereocenters. The fourth-order valence-electron chi connectivity index (χ4n) is 2.37. The van der Waals surface area contributed by atoms with E-state index in [4.69, 9.17) is 0 Å². The van der Waals surface area contributed by atoms with Crippen LogP contribution in [0.3, 0.4) is 0 Å². The topological polar surface area (TPSA) is 17.8 Å². The smallest absolute Gasteiger partial charge is 0.0959 e. The van der Waals surface area contributed by atoms with E-state index in [0.717, 1.165) is 12.1 Å². The van der Waals surface area contributed by atoms with Crippen molar-refractivity contribution in [3.8, 4) is 0 Å². The fraction of sp³-hybridized carbons (Fsp3) is 0.214. The largest absolute Gasteiger partial charge is 0.339 e. The second-order valence-corrected chi connectivity index (χ2v) is 4.14. The van der Waals surface area contributed by atoms with Gasteiger partial charge in [0.1, 0.15) is 0 Å². The zero-order valence-corrected chi connectivity index (χ0v) is 9.57. The first-order valence-electron chi connectivity index (χ1n) is 5.65. The minimum atomic E-state index is 0.981. The Hall–Kier alpha value is -1.83. The minimum Gasteiger partial charge on any atom is -0.339 e. The molecule has 0 fully saturated rings. The molecule has 3 aromatic rings. The van der Waals surface area contributed by atoms with Crippen LogP contribution in [0.5, 0.6) is 0 Å². The Bertz CT molecular complexity index is 665. The van der Waals surface area contributed by atoms with Gasteiger partial charge >= 0.3 is 0 Å². The molecule has 0 aliphatic heterocycles. The van der Waals surface area contributed by atoms with Gasteiger partial charge in [0.25, 0.3) is 0 Å². The van der Waals surface area contributed by atoms with Crippen LogP contribution in [0.1, 0.15) is 12.5 Å². The summed E-state index contributed by atoms with van der Waals surface area (Å²) in [5, 5.41) is 1.26. The van der Waals surface area contributed by atoms with Crippen LogP contribution >= 0.6 is 0 Å². The number of hydrogen-bond acceptors (Lipinski definition) is 1. The summed E-state index contributed by atoms with van der Waals surface area (Å²) in [7, 11) is 0. The lowest BCUT2D eigenvalue weighted by molar-refractivity contribution is 0.826. The van der Waals surface area contributed by atoms with Crippen LogP contribution in [0.15, 0.2) is 36.5 Å². The van der Waals surface area contributed by atoms with E-state index >= 15 is 0 Å². The Morgan fingerprint density at radius 1 is 1.19 bits per heavy atom. The van der Waals surface area contributed by atoms with E-state index in [2.05, 4.69) is 47.7 Å². The zero-order valence-electron chi connectivity index (χ0n) is 9.57. The Morgan fingerprint density at radius 2 is 2.06 bits per heavy atom. The molecule has 0 radical (unpaired) electrons. The highest BCUT2D eigenvalue weighted by atomic mass is 15.0. The molecular formula is C14H14N2. The zero-order chi connectivity index (χ0) is 11.1.